The molecule has 9 nitrogen and oxygen atoms in total. The Bertz CT molecular complexity index is 1530. The molecule has 0 aliphatic rings. The van der Waals surface area contributed by atoms with Crippen molar-refractivity contribution < 1.29 is 13.2 Å². The van der Waals surface area contributed by atoms with Gasteiger partial charge < -0.3 is 4.74 Å². The van der Waals surface area contributed by atoms with E-state index < -0.39 is 10.0 Å². The molecule has 164 valence electrons. The number of anilines is 1. The van der Waals surface area contributed by atoms with Gasteiger partial charge in [-0.2, -0.15) is 9.61 Å². The second kappa shape index (κ2) is 8.32. The molecule has 0 aliphatic heterocycles. The molecule has 5 rings (SSSR count). The minimum Gasteiger partial charge on any atom is -0.497 e. The zero-order valence-corrected chi connectivity index (χ0v) is 18.3. The third-order valence-electron chi connectivity index (χ3n) is 4.98. The molecule has 0 radical (unpaired) electrons. The van der Waals surface area contributed by atoms with Gasteiger partial charge in [-0.25, -0.2) is 8.42 Å². The monoisotopic (exact) mass is 458 g/mol. The zero-order valence-electron chi connectivity index (χ0n) is 17.5. The highest BCUT2D eigenvalue weighted by atomic mass is 32.2. The standard InChI is InChI=1S/C23H18N6O3S/c1-32-19-5-7-20(8-6-19)33(30,31)28-18-4-2-3-17(15-18)21-9-10-22-25-26-23(29(22)27-21)16-11-13-24-14-12-16/h2-15,28H,1H3. The summed E-state index contributed by atoms with van der Waals surface area (Å²) in [7, 11) is -2.24. The number of sulfonamides is 1. The number of hydrogen-bond donors (Lipinski definition) is 1. The first-order chi connectivity index (χ1) is 16.0. The van der Waals surface area contributed by atoms with Crippen LogP contribution in [0.3, 0.4) is 0 Å². The van der Waals surface area contributed by atoms with Crippen molar-refractivity contribution in [1.82, 2.24) is 24.8 Å². The zero-order chi connectivity index (χ0) is 22.8. The molecule has 3 aromatic heterocycles. The van der Waals surface area contributed by atoms with E-state index in [-0.39, 0.29) is 4.90 Å². The first-order valence-corrected chi connectivity index (χ1v) is 11.4. The van der Waals surface area contributed by atoms with Crippen LogP contribution in [0.15, 0.2) is 90.1 Å². The molecular weight excluding hydrogens is 440 g/mol. The van der Waals surface area contributed by atoms with E-state index in [2.05, 4.69) is 25.0 Å². The number of nitrogens with one attached hydrogen (secondary N) is 1. The first kappa shape index (κ1) is 20.6. The molecule has 33 heavy (non-hydrogen) atoms. The van der Waals surface area contributed by atoms with Crippen LogP contribution >= 0.6 is 0 Å². The summed E-state index contributed by atoms with van der Waals surface area (Å²) < 4.78 is 35.0. The van der Waals surface area contributed by atoms with Crippen molar-refractivity contribution in [1.29, 1.82) is 0 Å². The Kier molecular flexibility index (Phi) is 5.19. The molecule has 3 heterocycles. The summed E-state index contributed by atoms with van der Waals surface area (Å²) >= 11 is 0. The summed E-state index contributed by atoms with van der Waals surface area (Å²) in [5, 5.41) is 13.1. The van der Waals surface area contributed by atoms with Gasteiger partial charge in [-0.1, -0.05) is 12.1 Å². The molecule has 0 spiro atoms. The lowest BCUT2D eigenvalue weighted by Gasteiger charge is -2.10. The third kappa shape index (κ3) is 4.11. The maximum Gasteiger partial charge on any atom is 0.261 e. The van der Waals surface area contributed by atoms with E-state index >= 15 is 0 Å². The molecule has 0 unspecified atom stereocenters. The van der Waals surface area contributed by atoms with Crippen LogP contribution in [-0.2, 0) is 10.0 Å². The number of ether oxygens (including phenoxy) is 1. The normalized spacial score (nSPS) is 11.4. The summed E-state index contributed by atoms with van der Waals surface area (Å²) in [6.45, 7) is 0. The van der Waals surface area contributed by atoms with Crippen molar-refractivity contribution in [3.63, 3.8) is 0 Å². The van der Waals surface area contributed by atoms with Crippen LogP contribution in [0.2, 0.25) is 0 Å². The van der Waals surface area contributed by atoms with Crippen LogP contribution in [0.4, 0.5) is 5.69 Å². The number of nitrogens with zero attached hydrogens (tertiary/aromatic N) is 5. The van der Waals surface area contributed by atoms with Crippen molar-refractivity contribution in [2.24, 2.45) is 0 Å². The Hall–Kier alpha value is -4.31. The lowest BCUT2D eigenvalue weighted by molar-refractivity contribution is 0.414. The lowest BCUT2D eigenvalue weighted by atomic mass is 10.1. The molecule has 0 atom stereocenters. The fourth-order valence-electron chi connectivity index (χ4n) is 3.33. The number of aromatic nitrogens is 5. The molecule has 2 aromatic carbocycles. The first-order valence-electron chi connectivity index (χ1n) is 9.94. The Morgan fingerprint density at radius 2 is 1.67 bits per heavy atom. The smallest absolute Gasteiger partial charge is 0.261 e. The van der Waals surface area contributed by atoms with Crippen LogP contribution in [0.1, 0.15) is 0 Å². The van der Waals surface area contributed by atoms with E-state index in [0.29, 0.717) is 28.6 Å². The predicted molar refractivity (Wildman–Crippen MR) is 123 cm³/mol. The van der Waals surface area contributed by atoms with Gasteiger partial charge in [0.25, 0.3) is 10.0 Å². The van der Waals surface area contributed by atoms with Crippen LogP contribution in [-0.4, -0.2) is 40.3 Å². The van der Waals surface area contributed by atoms with E-state index in [1.165, 1.54) is 19.2 Å². The Morgan fingerprint density at radius 3 is 2.42 bits per heavy atom. The van der Waals surface area contributed by atoms with E-state index in [1.54, 1.807) is 47.2 Å². The van der Waals surface area contributed by atoms with E-state index in [1.807, 2.05) is 30.3 Å². The highest BCUT2D eigenvalue weighted by Crippen LogP contribution is 2.25. The maximum absolute atomic E-state index is 12.8. The minimum atomic E-state index is -3.76. The predicted octanol–water partition coefficient (Wildman–Crippen LogP) is 3.66. The minimum absolute atomic E-state index is 0.139. The van der Waals surface area contributed by atoms with E-state index in [4.69, 9.17) is 4.74 Å². The van der Waals surface area contributed by atoms with Crippen LogP contribution in [0, 0.1) is 0 Å². The number of pyridine rings is 1. The summed E-state index contributed by atoms with van der Waals surface area (Å²) in [5.74, 6) is 1.17. The average Bonchev–Trinajstić information content (AvgIpc) is 3.28. The molecular formula is C23H18N6O3S. The number of fused-ring (bicyclic) bond motifs is 1. The second-order valence-electron chi connectivity index (χ2n) is 7.11. The molecule has 10 heteroatoms. The number of hydrogen-bond acceptors (Lipinski definition) is 7. The SMILES string of the molecule is COc1ccc(S(=O)(=O)Nc2cccc(-c3ccc4nnc(-c5ccncc5)n4n3)c2)cc1. The van der Waals surface area contributed by atoms with Gasteiger partial charge in [0.2, 0.25) is 0 Å². The van der Waals surface area contributed by atoms with Crippen LogP contribution < -0.4 is 9.46 Å². The molecule has 1 N–H and O–H groups in total. The fraction of sp³-hybridized carbons (Fsp3) is 0.0435. The van der Waals surface area contributed by atoms with Gasteiger partial charge in [-0.15, -0.1) is 10.2 Å². The van der Waals surface area contributed by atoms with Crippen molar-refractivity contribution in [2.75, 3.05) is 11.8 Å². The maximum atomic E-state index is 12.8. The van der Waals surface area contributed by atoms with E-state index in [0.717, 1.165) is 11.1 Å². The molecule has 0 amide bonds. The lowest BCUT2D eigenvalue weighted by Crippen LogP contribution is -2.12. The summed E-state index contributed by atoms with van der Waals surface area (Å²) in [6, 6.07) is 20.5. The highest BCUT2D eigenvalue weighted by Gasteiger charge is 2.15. The quantitative estimate of drug-likeness (QED) is 0.413. The largest absolute Gasteiger partial charge is 0.497 e. The number of rotatable bonds is 6. The van der Waals surface area contributed by atoms with Crippen molar-refractivity contribution in [3.8, 4) is 28.4 Å². The van der Waals surface area contributed by atoms with Gasteiger partial charge in [0, 0.05) is 29.2 Å². The molecule has 0 bridgehead atoms. The van der Waals surface area contributed by atoms with Gasteiger partial charge in [0.15, 0.2) is 11.5 Å². The third-order valence-corrected chi connectivity index (χ3v) is 6.38. The molecule has 0 fully saturated rings. The Balaban J connectivity index is 1.47. The Morgan fingerprint density at radius 1 is 0.879 bits per heavy atom. The van der Waals surface area contributed by atoms with Gasteiger partial charge in [-0.3, -0.25) is 9.71 Å². The van der Waals surface area contributed by atoms with Gasteiger partial charge in [0.1, 0.15) is 5.75 Å². The van der Waals surface area contributed by atoms with Crippen molar-refractivity contribution in [3.05, 3.63) is 85.2 Å². The van der Waals surface area contributed by atoms with Crippen LogP contribution in [0.25, 0.3) is 28.3 Å². The van der Waals surface area contributed by atoms with Crippen molar-refractivity contribution >= 4 is 21.4 Å². The van der Waals surface area contributed by atoms with E-state index in [9.17, 15) is 8.42 Å². The number of benzene rings is 2. The average molecular weight is 459 g/mol. The highest BCUT2D eigenvalue weighted by molar-refractivity contribution is 7.92. The summed E-state index contributed by atoms with van der Waals surface area (Å²) in [4.78, 5) is 4.17. The Labute approximate surface area is 189 Å². The topological polar surface area (TPSA) is 111 Å². The van der Waals surface area contributed by atoms with Crippen molar-refractivity contribution in [2.45, 2.75) is 4.90 Å². The molecule has 0 saturated heterocycles. The summed E-state index contributed by atoms with van der Waals surface area (Å²) in [6.07, 6.45) is 3.36. The van der Waals surface area contributed by atoms with Gasteiger partial charge in [0.05, 0.1) is 17.7 Å². The fourth-order valence-corrected chi connectivity index (χ4v) is 4.38. The van der Waals surface area contributed by atoms with Gasteiger partial charge in [-0.05, 0) is 60.7 Å². The summed E-state index contributed by atoms with van der Waals surface area (Å²) in [5.41, 5.74) is 3.23. The molecule has 0 saturated carbocycles. The second-order valence-corrected chi connectivity index (χ2v) is 8.79. The number of methoxy groups -OCH3 is 1. The van der Waals surface area contributed by atoms with Crippen LogP contribution in [0.5, 0.6) is 5.75 Å². The molecule has 5 aromatic rings. The van der Waals surface area contributed by atoms with Gasteiger partial charge >= 0.3 is 0 Å². The molecule has 0 aliphatic carbocycles.